The van der Waals surface area contributed by atoms with E-state index < -0.39 is 5.54 Å². The molecule has 1 amide bonds. The quantitative estimate of drug-likeness (QED) is 0.236. The molecule has 168 valence electrons. The molecule has 1 rings (SSSR count). The van der Waals surface area contributed by atoms with Gasteiger partial charge in [-0.05, 0) is 31.2 Å². The van der Waals surface area contributed by atoms with Gasteiger partial charge in [-0.2, -0.15) is 0 Å². The second-order valence-corrected chi connectivity index (χ2v) is 8.28. The number of nitrogens with one attached hydrogen (secondary N) is 1. The number of ketones is 1. The third kappa shape index (κ3) is 10.0. The van der Waals surface area contributed by atoms with Crippen molar-refractivity contribution >= 4 is 17.7 Å². The Morgan fingerprint density at radius 3 is 2.13 bits per heavy atom. The van der Waals surface area contributed by atoms with Gasteiger partial charge in [0.1, 0.15) is 6.61 Å². The van der Waals surface area contributed by atoms with Gasteiger partial charge < -0.3 is 10.1 Å². The van der Waals surface area contributed by atoms with Gasteiger partial charge in [0.25, 0.3) is 0 Å². The normalized spacial score (nSPS) is 12.8. The topological polar surface area (TPSA) is 72.5 Å². The standard InChI is InChI=1S/C25H39NO4/c1-5-7-8-9-10-11-24(29)23-14-12-22(13-15-23)16-18-25(17-6-2,26-20(3)27)19-30-21(4)28/h12-15H,5-11,16-19H2,1-4H3,(H,26,27). The third-order valence-corrected chi connectivity index (χ3v) is 5.40. The van der Waals surface area contributed by atoms with E-state index in [2.05, 4.69) is 12.2 Å². The van der Waals surface area contributed by atoms with Crippen LogP contribution >= 0.6 is 0 Å². The average Bonchev–Trinajstić information content (AvgIpc) is 2.70. The molecular formula is C25H39NO4. The van der Waals surface area contributed by atoms with Crippen LogP contribution in [0.25, 0.3) is 0 Å². The number of Topliss-reactive ketones (excluding diaryl/α,β-unsaturated/α-hetero) is 1. The second-order valence-electron chi connectivity index (χ2n) is 8.28. The van der Waals surface area contributed by atoms with Crippen molar-refractivity contribution in [2.24, 2.45) is 0 Å². The van der Waals surface area contributed by atoms with Crippen molar-refractivity contribution in [3.8, 4) is 0 Å². The van der Waals surface area contributed by atoms with Crippen LogP contribution in [0.15, 0.2) is 24.3 Å². The number of hydrogen-bond acceptors (Lipinski definition) is 4. The number of aryl methyl sites for hydroxylation is 1. The maximum Gasteiger partial charge on any atom is 0.302 e. The highest BCUT2D eigenvalue weighted by molar-refractivity contribution is 5.96. The summed E-state index contributed by atoms with van der Waals surface area (Å²) >= 11 is 0. The predicted octanol–water partition coefficient (Wildman–Crippen LogP) is 5.40. The molecule has 5 nitrogen and oxygen atoms in total. The molecule has 0 aliphatic heterocycles. The molecule has 0 bridgehead atoms. The Hall–Kier alpha value is -2.17. The Labute approximate surface area is 182 Å². The summed E-state index contributed by atoms with van der Waals surface area (Å²) in [4.78, 5) is 35.4. The molecule has 1 atom stereocenters. The van der Waals surface area contributed by atoms with Gasteiger partial charge in [-0.1, -0.05) is 70.2 Å². The van der Waals surface area contributed by atoms with Gasteiger partial charge in [0.05, 0.1) is 5.54 Å². The van der Waals surface area contributed by atoms with Crippen LogP contribution in [0, 0.1) is 0 Å². The minimum Gasteiger partial charge on any atom is -0.463 e. The maximum absolute atomic E-state index is 12.4. The van der Waals surface area contributed by atoms with Crippen molar-refractivity contribution in [1.82, 2.24) is 5.32 Å². The molecule has 0 radical (unpaired) electrons. The molecule has 1 aromatic rings. The summed E-state index contributed by atoms with van der Waals surface area (Å²) < 4.78 is 5.26. The van der Waals surface area contributed by atoms with Gasteiger partial charge in [-0.15, -0.1) is 0 Å². The van der Waals surface area contributed by atoms with Crippen molar-refractivity contribution in [2.75, 3.05) is 6.61 Å². The Balaban J connectivity index is 2.69. The van der Waals surface area contributed by atoms with Crippen molar-refractivity contribution < 1.29 is 19.1 Å². The van der Waals surface area contributed by atoms with E-state index in [4.69, 9.17) is 4.74 Å². The van der Waals surface area contributed by atoms with Crippen LogP contribution in [-0.2, 0) is 20.7 Å². The Bertz CT molecular complexity index is 668. The second kappa shape index (κ2) is 13.9. The molecule has 0 heterocycles. The predicted molar refractivity (Wildman–Crippen MR) is 121 cm³/mol. The van der Waals surface area contributed by atoms with E-state index in [0.29, 0.717) is 12.8 Å². The molecule has 0 spiro atoms. The minimum atomic E-state index is -0.570. The van der Waals surface area contributed by atoms with Gasteiger partial charge >= 0.3 is 5.97 Å². The molecule has 1 unspecified atom stereocenters. The van der Waals surface area contributed by atoms with E-state index in [1.807, 2.05) is 31.2 Å². The van der Waals surface area contributed by atoms with Crippen LogP contribution in [0.5, 0.6) is 0 Å². The van der Waals surface area contributed by atoms with Crippen LogP contribution in [0.2, 0.25) is 0 Å². The van der Waals surface area contributed by atoms with Crippen LogP contribution in [0.1, 0.15) is 101 Å². The Kier molecular flexibility index (Phi) is 12.0. The molecule has 0 aliphatic carbocycles. The van der Waals surface area contributed by atoms with E-state index in [0.717, 1.165) is 43.2 Å². The Morgan fingerprint density at radius 1 is 0.900 bits per heavy atom. The zero-order valence-corrected chi connectivity index (χ0v) is 19.2. The van der Waals surface area contributed by atoms with E-state index in [1.54, 1.807) is 0 Å². The molecule has 1 N–H and O–H groups in total. The lowest BCUT2D eigenvalue weighted by Gasteiger charge is -2.34. The minimum absolute atomic E-state index is 0.129. The first kappa shape index (κ1) is 25.9. The van der Waals surface area contributed by atoms with Crippen LogP contribution in [0.4, 0.5) is 0 Å². The largest absolute Gasteiger partial charge is 0.463 e. The molecule has 1 aromatic carbocycles. The zero-order chi connectivity index (χ0) is 22.4. The third-order valence-electron chi connectivity index (χ3n) is 5.40. The zero-order valence-electron chi connectivity index (χ0n) is 19.2. The number of esters is 1. The number of hydrogen-bond donors (Lipinski definition) is 1. The molecule has 30 heavy (non-hydrogen) atoms. The van der Waals surface area contributed by atoms with Crippen LogP contribution in [-0.4, -0.2) is 29.8 Å². The van der Waals surface area contributed by atoms with E-state index in [1.165, 1.54) is 33.1 Å². The molecule has 5 heteroatoms. The molecule has 0 fully saturated rings. The summed E-state index contributed by atoms with van der Waals surface area (Å²) in [5, 5.41) is 3.02. The fraction of sp³-hybridized carbons (Fsp3) is 0.640. The highest BCUT2D eigenvalue weighted by Gasteiger charge is 2.31. The Morgan fingerprint density at radius 2 is 1.57 bits per heavy atom. The maximum atomic E-state index is 12.4. The molecule has 0 aliphatic rings. The highest BCUT2D eigenvalue weighted by atomic mass is 16.5. The lowest BCUT2D eigenvalue weighted by Crippen LogP contribution is -2.51. The number of benzene rings is 1. The van der Waals surface area contributed by atoms with Gasteiger partial charge in [0.2, 0.25) is 5.91 Å². The summed E-state index contributed by atoms with van der Waals surface area (Å²) in [5.74, 6) is -0.277. The summed E-state index contributed by atoms with van der Waals surface area (Å²) in [5.41, 5.74) is 1.29. The molecule has 0 saturated heterocycles. The van der Waals surface area contributed by atoms with Crippen molar-refractivity contribution in [3.05, 3.63) is 35.4 Å². The van der Waals surface area contributed by atoms with Gasteiger partial charge in [0.15, 0.2) is 5.78 Å². The van der Waals surface area contributed by atoms with Crippen molar-refractivity contribution in [3.63, 3.8) is 0 Å². The van der Waals surface area contributed by atoms with E-state index in [9.17, 15) is 14.4 Å². The number of carbonyl (C=O) groups is 3. The molecular weight excluding hydrogens is 378 g/mol. The summed E-state index contributed by atoms with van der Waals surface area (Å²) in [7, 11) is 0. The van der Waals surface area contributed by atoms with Gasteiger partial charge in [-0.25, -0.2) is 0 Å². The summed E-state index contributed by atoms with van der Waals surface area (Å²) in [6.07, 6.45) is 9.30. The molecule has 0 saturated carbocycles. The molecule has 0 aromatic heterocycles. The van der Waals surface area contributed by atoms with Crippen molar-refractivity contribution in [1.29, 1.82) is 0 Å². The number of unbranched alkanes of at least 4 members (excludes halogenated alkanes) is 4. The first-order valence-electron chi connectivity index (χ1n) is 11.4. The highest BCUT2D eigenvalue weighted by Crippen LogP contribution is 2.22. The number of carbonyl (C=O) groups excluding carboxylic acids is 3. The number of ether oxygens (including phenoxy) is 1. The fourth-order valence-electron chi connectivity index (χ4n) is 3.80. The monoisotopic (exact) mass is 417 g/mol. The fourth-order valence-corrected chi connectivity index (χ4v) is 3.80. The van der Waals surface area contributed by atoms with E-state index in [-0.39, 0.29) is 24.3 Å². The van der Waals surface area contributed by atoms with Crippen LogP contribution in [0.3, 0.4) is 0 Å². The number of rotatable bonds is 15. The first-order chi connectivity index (χ1) is 14.3. The van der Waals surface area contributed by atoms with E-state index >= 15 is 0 Å². The summed E-state index contributed by atoms with van der Waals surface area (Å²) in [6, 6.07) is 7.77. The van der Waals surface area contributed by atoms with Gasteiger partial charge in [-0.3, -0.25) is 14.4 Å². The SMILES string of the molecule is CCCCCCCC(=O)c1ccc(CCC(CCC)(COC(C)=O)NC(C)=O)cc1. The average molecular weight is 418 g/mol. The lowest BCUT2D eigenvalue weighted by atomic mass is 9.87. The smallest absolute Gasteiger partial charge is 0.302 e. The lowest BCUT2D eigenvalue weighted by molar-refractivity contribution is -0.144. The summed E-state index contributed by atoms with van der Waals surface area (Å²) in [6.45, 7) is 7.27. The first-order valence-corrected chi connectivity index (χ1v) is 11.4. The van der Waals surface area contributed by atoms with Gasteiger partial charge in [0, 0.05) is 25.8 Å². The van der Waals surface area contributed by atoms with Crippen molar-refractivity contribution in [2.45, 2.75) is 97.4 Å². The number of amides is 1. The van der Waals surface area contributed by atoms with Crippen LogP contribution < -0.4 is 5.32 Å².